The molecular weight excluding hydrogens is 478 g/mol. The average molecular weight is 520 g/mol. The van der Waals surface area contributed by atoms with Crippen molar-refractivity contribution in [3.8, 4) is 0 Å². The largest absolute Gasteiger partial charge is 0.446 e. The first kappa shape index (κ1) is 27.7. The molecule has 2 saturated carbocycles. The lowest BCUT2D eigenvalue weighted by atomic mass is 9.71. The number of fused-ring (bicyclic) bond motifs is 3. The molecule has 4 N–H and O–H groups in total. The zero-order valence-electron chi connectivity index (χ0n) is 21.2. The number of para-hydroxylation sites is 1. The Labute approximate surface area is 225 Å². The number of aromatic amines is 1. The van der Waals surface area contributed by atoms with Crippen LogP contribution in [0.3, 0.4) is 0 Å². The SMILES string of the molecule is C.O=C(NC(Cc1c[nH]c2ccccc12)C(=O)NC(CO)Cc1ccccc1)OC1CCC2CCCC1C2. The lowest BCUT2D eigenvalue weighted by Gasteiger charge is -2.39. The Hall–Kier alpha value is -3.32. The Morgan fingerprint density at radius 3 is 2.58 bits per heavy atom. The maximum absolute atomic E-state index is 13.5. The molecule has 0 saturated heterocycles. The Bertz CT molecular complexity index is 1190. The average Bonchev–Trinajstić information content (AvgIpc) is 3.33. The smallest absolute Gasteiger partial charge is 0.408 e. The first-order chi connectivity index (χ1) is 18.1. The molecule has 2 aliphatic rings. The van der Waals surface area contributed by atoms with E-state index in [4.69, 9.17) is 4.74 Å². The number of hydrogen-bond donors (Lipinski definition) is 4. The van der Waals surface area contributed by atoms with E-state index in [1.54, 1.807) is 0 Å². The van der Waals surface area contributed by atoms with Gasteiger partial charge in [0.15, 0.2) is 0 Å². The number of aliphatic hydroxyl groups excluding tert-OH is 1. The molecule has 2 aromatic carbocycles. The molecular formula is C31H41N3O4. The van der Waals surface area contributed by atoms with E-state index < -0.39 is 18.2 Å². The van der Waals surface area contributed by atoms with Crippen LogP contribution in [-0.2, 0) is 22.4 Å². The number of aliphatic hydroxyl groups is 1. The topological polar surface area (TPSA) is 103 Å². The number of rotatable bonds is 9. The van der Waals surface area contributed by atoms with Crippen molar-refractivity contribution in [2.75, 3.05) is 6.61 Å². The van der Waals surface area contributed by atoms with E-state index in [1.165, 1.54) is 12.8 Å². The Morgan fingerprint density at radius 1 is 0.974 bits per heavy atom. The molecule has 204 valence electrons. The van der Waals surface area contributed by atoms with Crippen LogP contribution in [-0.4, -0.2) is 46.9 Å². The summed E-state index contributed by atoms with van der Waals surface area (Å²) in [5, 5.41) is 16.8. The molecule has 3 aromatic rings. The van der Waals surface area contributed by atoms with E-state index in [1.807, 2.05) is 60.8 Å². The molecule has 2 fully saturated rings. The van der Waals surface area contributed by atoms with Gasteiger partial charge in [0.05, 0.1) is 12.6 Å². The van der Waals surface area contributed by atoms with Crippen LogP contribution < -0.4 is 10.6 Å². The highest BCUT2D eigenvalue weighted by molar-refractivity contribution is 5.88. The predicted octanol–water partition coefficient (Wildman–Crippen LogP) is 5.13. The van der Waals surface area contributed by atoms with Crippen molar-refractivity contribution in [1.82, 2.24) is 15.6 Å². The van der Waals surface area contributed by atoms with Crippen LogP contribution in [0.5, 0.6) is 0 Å². The summed E-state index contributed by atoms with van der Waals surface area (Å²) in [6.07, 6.45) is 8.78. The van der Waals surface area contributed by atoms with Crippen molar-refractivity contribution < 1.29 is 19.4 Å². The lowest BCUT2D eigenvalue weighted by molar-refractivity contribution is -0.124. The van der Waals surface area contributed by atoms with E-state index in [-0.39, 0.29) is 26.0 Å². The normalized spacial score (nSPS) is 22.1. The fourth-order valence-electron chi connectivity index (χ4n) is 6.13. The monoisotopic (exact) mass is 519 g/mol. The number of carbonyl (C=O) groups excluding carboxylic acids is 2. The summed E-state index contributed by atoms with van der Waals surface area (Å²) < 4.78 is 5.90. The van der Waals surface area contributed by atoms with Gasteiger partial charge in [0.25, 0.3) is 0 Å². The van der Waals surface area contributed by atoms with Crippen molar-refractivity contribution in [2.24, 2.45) is 11.8 Å². The number of amides is 2. The van der Waals surface area contributed by atoms with Crippen molar-refractivity contribution in [1.29, 1.82) is 0 Å². The summed E-state index contributed by atoms with van der Waals surface area (Å²) in [6, 6.07) is 16.3. The third-order valence-electron chi connectivity index (χ3n) is 8.07. The second-order valence-corrected chi connectivity index (χ2v) is 10.7. The van der Waals surface area contributed by atoms with E-state index in [2.05, 4.69) is 15.6 Å². The fraction of sp³-hybridized carbons (Fsp3) is 0.484. The zero-order chi connectivity index (χ0) is 25.6. The van der Waals surface area contributed by atoms with Crippen LogP contribution in [0.1, 0.15) is 57.1 Å². The number of hydrogen-bond acceptors (Lipinski definition) is 4. The van der Waals surface area contributed by atoms with Gasteiger partial charge in [0.1, 0.15) is 12.1 Å². The first-order valence-electron chi connectivity index (χ1n) is 13.6. The molecule has 2 aliphatic carbocycles. The highest BCUT2D eigenvalue weighted by Crippen LogP contribution is 2.41. The summed E-state index contributed by atoms with van der Waals surface area (Å²) in [5.74, 6) is 0.851. The van der Waals surface area contributed by atoms with Crippen molar-refractivity contribution in [3.05, 3.63) is 71.9 Å². The van der Waals surface area contributed by atoms with Gasteiger partial charge >= 0.3 is 6.09 Å². The lowest BCUT2D eigenvalue weighted by Crippen LogP contribution is -2.52. The van der Waals surface area contributed by atoms with Crippen LogP contribution in [0.4, 0.5) is 4.79 Å². The van der Waals surface area contributed by atoms with Gasteiger partial charge in [-0.05, 0) is 61.1 Å². The van der Waals surface area contributed by atoms with Crippen molar-refractivity contribution in [3.63, 3.8) is 0 Å². The first-order valence-corrected chi connectivity index (χ1v) is 13.6. The molecule has 7 nitrogen and oxygen atoms in total. The molecule has 1 heterocycles. The van der Waals surface area contributed by atoms with Gasteiger partial charge in [-0.1, -0.05) is 68.8 Å². The predicted molar refractivity (Wildman–Crippen MR) is 150 cm³/mol. The summed E-state index contributed by atoms with van der Waals surface area (Å²) in [4.78, 5) is 29.8. The fourth-order valence-corrected chi connectivity index (χ4v) is 6.13. The second-order valence-electron chi connectivity index (χ2n) is 10.7. The third-order valence-corrected chi connectivity index (χ3v) is 8.07. The molecule has 5 unspecified atom stereocenters. The van der Waals surface area contributed by atoms with E-state index in [0.29, 0.717) is 18.8 Å². The number of alkyl carbamates (subject to hydrolysis) is 1. The summed E-state index contributed by atoms with van der Waals surface area (Å²) >= 11 is 0. The number of aromatic nitrogens is 1. The third kappa shape index (κ3) is 6.76. The quantitative estimate of drug-likeness (QED) is 0.315. The maximum Gasteiger partial charge on any atom is 0.408 e. The van der Waals surface area contributed by atoms with Crippen LogP contribution in [0.2, 0.25) is 0 Å². The number of H-pyrrole nitrogens is 1. The van der Waals surface area contributed by atoms with Gasteiger partial charge in [-0.3, -0.25) is 4.79 Å². The molecule has 0 spiro atoms. The van der Waals surface area contributed by atoms with Gasteiger partial charge in [-0.15, -0.1) is 0 Å². The minimum Gasteiger partial charge on any atom is -0.446 e. The van der Waals surface area contributed by atoms with E-state index >= 15 is 0 Å². The van der Waals surface area contributed by atoms with Crippen LogP contribution in [0, 0.1) is 11.8 Å². The Balaban J connectivity index is 0.00000336. The van der Waals surface area contributed by atoms with Gasteiger partial charge < -0.3 is 25.5 Å². The molecule has 38 heavy (non-hydrogen) atoms. The van der Waals surface area contributed by atoms with Gasteiger partial charge in [0.2, 0.25) is 5.91 Å². The van der Waals surface area contributed by atoms with Crippen molar-refractivity contribution >= 4 is 22.9 Å². The number of carbonyl (C=O) groups is 2. The van der Waals surface area contributed by atoms with Gasteiger partial charge in [-0.2, -0.15) is 0 Å². The molecule has 1 aromatic heterocycles. The summed E-state index contributed by atoms with van der Waals surface area (Å²) in [6.45, 7) is -0.199. The molecule has 7 heteroatoms. The minimum absolute atomic E-state index is 0. The standard InChI is InChI=1S/C30H37N3O4.CH4/c34-19-24(16-20-7-2-1-3-8-20)32-29(35)27(17-23-18-31-26-12-5-4-11-25(23)26)33-30(36)37-28-14-13-21-9-6-10-22(28)15-21;/h1-5,7-8,11-12,18,21-22,24,27-28,31,34H,6,9-10,13-17,19H2,(H,32,35)(H,33,36);1H4. The summed E-state index contributed by atoms with van der Waals surface area (Å²) in [7, 11) is 0. The van der Waals surface area contributed by atoms with Gasteiger partial charge in [0, 0.05) is 23.5 Å². The molecule has 0 aliphatic heterocycles. The molecule has 2 bridgehead atoms. The van der Waals surface area contributed by atoms with E-state index in [9.17, 15) is 14.7 Å². The molecule has 5 atom stereocenters. The number of ether oxygens (including phenoxy) is 1. The number of nitrogens with one attached hydrogen (secondary N) is 3. The number of benzene rings is 2. The highest BCUT2D eigenvalue weighted by atomic mass is 16.6. The summed E-state index contributed by atoms with van der Waals surface area (Å²) in [5.41, 5.74) is 2.93. The van der Waals surface area contributed by atoms with E-state index in [0.717, 1.165) is 53.6 Å². The van der Waals surface area contributed by atoms with Crippen LogP contribution >= 0.6 is 0 Å². The highest BCUT2D eigenvalue weighted by Gasteiger charge is 2.36. The second kappa shape index (κ2) is 13.0. The Kier molecular flexibility index (Phi) is 9.45. The molecule has 5 rings (SSSR count). The van der Waals surface area contributed by atoms with Crippen LogP contribution in [0.25, 0.3) is 10.9 Å². The van der Waals surface area contributed by atoms with Gasteiger partial charge in [-0.25, -0.2) is 4.79 Å². The van der Waals surface area contributed by atoms with Crippen LogP contribution in [0.15, 0.2) is 60.8 Å². The zero-order valence-corrected chi connectivity index (χ0v) is 21.2. The minimum atomic E-state index is -0.834. The molecule has 2 amide bonds. The maximum atomic E-state index is 13.5. The molecule has 0 radical (unpaired) electrons. The van der Waals surface area contributed by atoms with Crippen molar-refractivity contribution in [2.45, 2.75) is 77.0 Å². The Morgan fingerprint density at radius 2 is 1.76 bits per heavy atom.